The van der Waals surface area contributed by atoms with Crippen molar-refractivity contribution in [1.29, 1.82) is 0 Å². The van der Waals surface area contributed by atoms with E-state index in [1.165, 1.54) is 12.4 Å². The lowest BCUT2D eigenvalue weighted by Crippen LogP contribution is -2.63. The minimum Gasteiger partial charge on any atom is -0.360 e. The molecule has 2 fully saturated rings. The monoisotopic (exact) mass is 492 g/mol. The van der Waals surface area contributed by atoms with E-state index in [1.807, 2.05) is 18.9 Å². The number of halogens is 3. The Morgan fingerprint density at radius 1 is 1.14 bits per heavy atom. The molecule has 2 N–H and O–H groups in total. The summed E-state index contributed by atoms with van der Waals surface area (Å²) < 4.78 is 39.2. The van der Waals surface area contributed by atoms with Crippen LogP contribution < -0.4 is 10.6 Å². The number of fused-ring (bicyclic) bond motifs is 1. The van der Waals surface area contributed by atoms with Crippen LogP contribution in [-0.2, 0) is 15.8 Å². The van der Waals surface area contributed by atoms with Gasteiger partial charge in [-0.25, -0.2) is 9.97 Å². The van der Waals surface area contributed by atoms with Crippen molar-refractivity contribution in [2.24, 2.45) is 0 Å². The SMILES string of the molecule is CCC(=O)N(C)C1CCC(N2CC(NC(=O)CNc3ncnc4ccc(C(F)(F)F)cc34)C2)CC1. The fourth-order valence-electron chi connectivity index (χ4n) is 4.98. The van der Waals surface area contributed by atoms with E-state index in [9.17, 15) is 22.8 Å². The maximum atomic E-state index is 13.1. The first kappa shape index (κ1) is 25.2. The molecule has 2 heterocycles. The van der Waals surface area contributed by atoms with Gasteiger partial charge in [0.2, 0.25) is 11.8 Å². The molecule has 1 aromatic carbocycles. The van der Waals surface area contributed by atoms with E-state index in [1.54, 1.807) is 0 Å². The highest BCUT2D eigenvalue weighted by molar-refractivity contribution is 5.91. The number of anilines is 1. The molecule has 1 saturated heterocycles. The largest absolute Gasteiger partial charge is 0.416 e. The lowest BCUT2D eigenvalue weighted by Gasteiger charge is -2.47. The molecule has 0 spiro atoms. The van der Waals surface area contributed by atoms with Crippen molar-refractivity contribution in [3.63, 3.8) is 0 Å². The van der Waals surface area contributed by atoms with E-state index in [0.29, 0.717) is 24.0 Å². The number of carbonyl (C=O) groups excluding carboxylic acids is 2. The second kappa shape index (κ2) is 10.3. The van der Waals surface area contributed by atoms with Crippen molar-refractivity contribution in [2.75, 3.05) is 32.0 Å². The molecule has 35 heavy (non-hydrogen) atoms. The number of rotatable bonds is 7. The van der Waals surface area contributed by atoms with E-state index in [-0.39, 0.29) is 35.6 Å². The average Bonchev–Trinajstić information content (AvgIpc) is 2.83. The summed E-state index contributed by atoms with van der Waals surface area (Å²) in [6.45, 7) is 3.34. The van der Waals surface area contributed by atoms with E-state index in [2.05, 4.69) is 25.5 Å². The second-order valence-electron chi connectivity index (χ2n) is 9.34. The highest BCUT2D eigenvalue weighted by Gasteiger charge is 2.36. The number of aromatic nitrogens is 2. The topological polar surface area (TPSA) is 90.5 Å². The fraction of sp³-hybridized carbons (Fsp3) is 0.583. The zero-order valence-electron chi connectivity index (χ0n) is 19.9. The third-order valence-electron chi connectivity index (χ3n) is 7.08. The zero-order chi connectivity index (χ0) is 25.2. The molecule has 1 saturated carbocycles. The Morgan fingerprint density at radius 2 is 1.86 bits per heavy atom. The van der Waals surface area contributed by atoms with Crippen LogP contribution in [0.15, 0.2) is 24.5 Å². The number of likely N-dealkylation sites (tertiary alicyclic amines) is 1. The van der Waals surface area contributed by atoms with Crippen LogP contribution in [0.4, 0.5) is 19.0 Å². The van der Waals surface area contributed by atoms with E-state index >= 15 is 0 Å². The van der Waals surface area contributed by atoms with Gasteiger partial charge in [0.25, 0.3) is 0 Å². The van der Waals surface area contributed by atoms with Gasteiger partial charge in [-0.1, -0.05) is 6.92 Å². The van der Waals surface area contributed by atoms with E-state index in [4.69, 9.17) is 0 Å². The summed E-state index contributed by atoms with van der Waals surface area (Å²) >= 11 is 0. The number of nitrogens with one attached hydrogen (secondary N) is 2. The number of hydrogen-bond acceptors (Lipinski definition) is 6. The molecule has 1 aliphatic carbocycles. The van der Waals surface area contributed by atoms with Crippen LogP contribution in [0, 0.1) is 0 Å². The standard InChI is InChI=1S/C24H31F3N6O2/c1-3-22(35)32(2)17-5-7-18(8-6-17)33-12-16(13-33)31-21(34)11-28-23-19-10-15(24(25,26)27)4-9-20(19)29-14-30-23/h4,9-10,14,16-18H,3,5-8,11-13H2,1-2H3,(H,31,34)(H,28,29,30). The maximum Gasteiger partial charge on any atom is 0.416 e. The Bertz CT molecular complexity index is 1060. The van der Waals surface area contributed by atoms with Crippen molar-refractivity contribution in [1.82, 2.24) is 25.1 Å². The number of nitrogens with zero attached hydrogens (tertiary/aromatic N) is 4. The Labute approximate surface area is 202 Å². The predicted molar refractivity (Wildman–Crippen MR) is 126 cm³/mol. The molecule has 2 amide bonds. The average molecular weight is 493 g/mol. The number of hydrogen-bond donors (Lipinski definition) is 2. The van der Waals surface area contributed by atoms with Gasteiger partial charge < -0.3 is 15.5 Å². The summed E-state index contributed by atoms with van der Waals surface area (Å²) in [5.74, 6) is 0.135. The summed E-state index contributed by atoms with van der Waals surface area (Å²) in [4.78, 5) is 36.6. The lowest BCUT2D eigenvalue weighted by molar-refractivity contribution is -0.137. The van der Waals surface area contributed by atoms with Gasteiger partial charge in [-0.15, -0.1) is 0 Å². The van der Waals surface area contributed by atoms with Crippen LogP contribution >= 0.6 is 0 Å². The quantitative estimate of drug-likeness (QED) is 0.618. The second-order valence-corrected chi connectivity index (χ2v) is 9.34. The molecule has 1 aliphatic heterocycles. The highest BCUT2D eigenvalue weighted by Crippen LogP contribution is 2.32. The van der Waals surface area contributed by atoms with Crippen LogP contribution in [0.2, 0.25) is 0 Å². The molecule has 2 aliphatic rings. The third kappa shape index (κ3) is 5.83. The Kier molecular flexibility index (Phi) is 7.44. The number of benzene rings is 1. The van der Waals surface area contributed by atoms with Gasteiger partial charge in [0.15, 0.2) is 0 Å². The third-order valence-corrected chi connectivity index (χ3v) is 7.08. The molecule has 4 rings (SSSR count). The summed E-state index contributed by atoms with van der Waals surface area (Å²) in [5.41, 5.74) is -0.426. The minimum atomic E-state index is -4.48. The lowest BCUT2D eigenvalue weighted by atomic mass is 9.87. The highest BCUT2D eigenvalue weighted by atomic mass is 19.4. The molecule has 0 unspecified atom stereocenters. The van der Waals surface area contributed by atoms with Crippen molar-refractivity contribution >= 4 is 28.5 Å². The van der Waals surface area contributed by atoms with Crippen molar-refractivity contribution < 1.29 is 22.8 Å². The normalized spacial score (nSPS) is 21.4. The molecule has 0 bridgehead atoms. The van der Waals surface area contributed by atoms with Gasteiger partial charge >= 0.3 is 6.18 Å². The van der Waals surface area contributed by atoms with Gasteiger partial charge in [0, 0.05) is 44.0 Å². The Hall–Kier alpha value is -2.95. The van der Waals surface area contributed by atoms with Crippen LogP contribution in [0.3, 0.4) is 0 Å². The number of amides is 2. The molecule has 8 nitrogen and oxygen atoms in total. The summed E-state index contributed by atoms with van der Waals surface area (Å²) in [5, 5.41) is 6.03. The summed E-state index contributed by atoms with van der Waals surface area (Å²) in [6, 6.07) is 4.09. The van der Waals surface area contributed by atoms with E-state index < -0.39 is 11.7 Å². The van der Waals surface area contributed by atoms with E-state index in [0.717, 1.165) is 50.9 Å². The van der Waals surface area contributed by atoms with Gasteiger partial charge in [0.05, 0.1) is 23.7 Å². The molecule has 190 valence electrons. The van der Waals surface area contributed by atoms with Gasteiger partial charge in [-0.3, -0.25) is 14.5 Å². The molecule has 0 atom stereocenters. The van der Waals surface area contributed by atoms with Crippen LogP contribution in [0.1, 0.15) is 44.6 Å². The number of carbonyl (C=O) groups is 2. The van der Waals surface area contributed by atoms with Crippen LogP contribution in [0.5, 0.6) is 0 Å². The first-order chi connectivity index (χ1) is 16.7. The molecule has 0 radical (unpaired) electrons. The Morgan fingerprint density at radius 3 is 2.51 bits per heavy atom. The van der Waals surface area contributed by atoms with Crippen molar-refractivity contribution in [3.8, 4) is 0 Å². The fourth-order valence-corrected chi connectivity index (χ4v) is 4.98. The van der Waals surface area contributed by atoms with Gasteiger partial charge in [-0.2, -0.15) is 13.2 Å². The van der Waals surface area contributed by atoms with Crippen molar-refractivity contribution in [2.45, 2.75) is 63.3 Å². The Balaban J connectivity index is 1.23. The first-order valence-electron chi connectivity index (χ1n) is 12.0. The smallest absolute Gasteiger partial charge is 0.360 e. The predicted octanol–water partition coefficient (Wildman–Crippen LogP) is 3.04. The summed E-state index contributed by atoms with van der Waals surface area (Å²) in [7, 11) is 1.89. The minimum absolute atomic E-state index is 0.0466. The molecule has 2 aromatic rings. The number of alkyl halides is 3. The maximum absolute atomic E-state index is 13.1. The van der Waals surface area contributed by atoms with Gasteiger partial charge in [-0.05, 0) is 43.9 Å². The first-order valence-corrected chi connectivity index (χ1v) is 12.0. The molecular weight excluding hydrogens is 461 g/mol. The van der Waals surface area contributed by atoms with Crippen LogP contribution in [0.25, 0.3) is 10.9 Å². The summed E-state index contributed by atoms with van der Waals surface area (Å²) in [6.07, 6.45) is 1.37. The van der Waals surface area contributed by atoms with Crippen molar-refractivity contribution in [3.05, 3.63) is 30.1 Å². The molecule has 11 heteroatoms. The zero-order valence-corrected chi connectivity index (χ0v) is 19.9. The molecular formula is C24H31F3N6O2. The molecule has 1 aromatic heterocycles. The van der Waals surface area contributed by atoms with Gasteiger partial charge in [0.1, 0.15) is 12.1 Å². The van der Waals surface area contributed by atoms with Crippen LogP contribution in [-0.4, -0.2) is 76.4 Å².